The van der Waals surface area contributed by atoms with E-state index in [0.717, 1.165) is 5.39 Å². The van der Waals surface area contributed by atoms with Crippen LogP contribution in [0.4, 0.5) is 5.82 Å². The summed E-state index contributed by atoms with van der Waals surface area (Å²) in [5.41, 5.74) is 0.931. The summed E-state index contributed by atoms with van der Waals surface area (Å²) in [6.45, 7) is 0. The number of hydrogen-bond acceptors (Lipinski definition) is 3. The fourth-order valence-electron chi connectivity index (χ4n) is 2.25. The number of fused-ring (bicyclic) bond motifs is 1. The van der Waals surface area contributed by atoms with E-state index in [1.807, 2.05) is 6.07 Å². The van der Waals surface area contributed by atoms with Gasteiger partial charge in [-0.3, -0.25) is 4.57 Å². The van der Waals surface area contributed by atoms with Gasteiger partial charge in [-0.05, 0) is 36.4 Å². The van der Waals surface area contributed by atoms with Gasteiger partial charge >= 0.3 is 5.69 Å². The van der Waals surface area contributed by atoms with Gasteiger partial charge in [-0.2, -0.15) is 4.98 Å². The molecule has 0 amide bonds. The fraction of sp³-hybridized carbons (Fsp3) is 0.0667. The first-order valence-electron chi connectivity index (χ1n) is 6.26. The second-order valence-electron chi connectivity index (χ2n) is 4.47. The van der Waals surface area contributed by atoms with Crippen molar-refractivity contribution in [2.75, 3.05) is 12.4 Å². The van der Waals surface area contributed by atoms with E-state index >= 15 is 0 Å². The lowest BCUT2D eigenvalue weighted by Crippen LogP contribution is -2.23. The van der Waals surface area contributed by atoms with E-state index in [4.69, 9.17) is 23.2 Å². The highest BCUT2D eigenvalue weighted by Crippen LogP contribution is 2.25. The third-order valence-corrected chi connectivity index (χ3v) is 3.63. The number of aromatic nitrogens is 2. The lowest BCUT2D eigenvalue weighted by Gasteiger charge is -2.13. The molecule has 6 heteroatoms. The van der Waals surface area contributed by atoms with E-state index in [1.54, 1.807) is 43.4 Å². The fourth-order valence-corrected chi connectivity index (χ4v) is 2.61. The third-order valence-electron chi connectivity index (χ3n) is 3.16. The van der Waals surface area contributed by atoms with E-state index in [-0.39, 0.29) is 0 Å². The van der Waals surface area contributed by atoms with E-state index in [1.165, 1.54) is 4.57 Å². The number of hydrogen-bond donors (Lipinski definition) is 1. The third kappa shape index (κ3) is 2.48. The van der Waals surface area contributed by atoms with Crippen molar-refractivity contribution in [2.45, 2.75) is 0 Å². The first-order valence-corrected chi connectivity index (χ1v) is 7.02. The standard InChI is InChI=1S/C15H11Cl2N3O/c1-18-14-12-6-5-10(17)8-13(12)20(15(21)19-14)11-4-2-3-9(16)7-11/h2-8H,1H3,(H,18,19,21). The van der Waals surface area contributed by atoms with Crippen LogP contribution in [0, 0.1) is 0 Å². The molecule has 3 rings (SSSR count). The second kappa shape index (κ2) is 5.39. The largest absolute Gasteiger partial charge is 0.372 e. The molecule has 1 N–H and O–H groups in total. The molecule has 0 atom stereocenters. The molecule has 4 nitrogen and oxygen atoms in total. The summed E-state index contributed by atoms with van der Waals surface area (Å²) in [6, 6.07) is 12.4. The Kier molecular flexibility index (Phi) is 3.57. The summed E-state index contributed by atoms with van der Waals surface area (Å²) in [5.74, 6) is 0.518. The molecule has 0 aliphatic carbocycles. The Labute approximate surface area is 131 Å². The molecule has 0 bridgehead atoms. The molecule has 0 radical (unpaired) electrons. The van der Waals surface area contributed by atoms with Crippen LogP contribution in [0.5, 0.6) is 0 Å². The van der Waals surface area contributed by atoms with Crippen molar-refractivity contribution >= 4 is 39.9 Å². The number of nitrogens with one attached hydrogen (secondary N) is 1. The molecular formula is C15H11Cl2N3O. The van der Waals surface area contributed by atoms with Crippen molar-refractivity contribution in [3.8, 4) is 5.69 Å². The van der Waals surface area contributed by atoms with Crippen LogP contribution >= 0.6 is 23.2 Å². The number of benzene rings is 2. The molecule has 1 heterocycles. The van der Waals surface area contributed by atoms with Gasteiger partial charge in [-0.1, -0.05) is 29.3 Å². The van der Waals surface area contributed by atoms with Gasteiger partial charge in [0.15, 0.2) is 0 Å². The average molecular weight is 320 g/mol. The summed E-state index contributed by atoms with van der Waals surface area (Å²) in [7, 11) is 1.72. The van der Waals surface area contributed by atoms with E-state index in [9.17, 15) is 4.79 Å². The van der Waals surface area contributed by atoms with Crippen LogP contribution in [-0.4, -0.2) is 16.6 Å². The van der Waals surface area contributed by atoms with Gasteiger partial charge in [0.2, 0.25) is 0 Å². The molecule has 0 aliphatic rings. The van der Waals surface area contributed by atoms with Crippen molar-refractivity contribution < 1.29 is 0 Å². The Balaban J connectivity index is 2.45. The zero-order valence-electron chi connectivity index (χ0n) is 11.1. The maximum atomic E-state index is 12.4. The monoisotopic (exact) mass is 319 g/mol. The average Bonchev–Trinajstić information content (AvgIpc) is 2.46. The Bertz CT molecular complexity index is 890. The first kappa shape index (κ1) is 13.9. The van der Waals surface area contributed by atoms with Crippen LogP contribution in [0.3, 0.4) is 0 Å². The Morgan fingerprint density at radius 3 is 2.57 bits per heavy atom. The minimum absolute atomic E-state index is 0.392. The Morgan fingerprint density at radius 2 is 1.86 bits per heavy atom. The van der Waals surface area contributed by atoms with Crippen LogP contribution in [0.1, 0.15) is 0 Å². The predicted molar refractivity (Wildman–Crippen MR) is 86.9 cm³/mol. The van der Waals surface area contributed by atoms with Gasteiger partial charge in [0.1, 0.15) is 5.82 Å². The maximum Gasteiger partial charge on any atom is 0.354 e. The zero-order chi connectivity index (χ0) is 15.0. The topological polar surface area (TPSA) is 46.9 Å². The highest BCUT2D eigenvalue weighted by molar-refractivity contribution is 6.31. The van der Waals surface area contributed by atoms with Gasteiger partial charge in [0, 0.05) is 22.5 Å². The molecule has 0 fully saturated rings. The van der Waals surface area contributed by atoms with E-state index in [2.05, 4.69) is 10.3 Å². The summed E-state index contributed by atoms with van der Waals surface area (Å²) in [6.07, 6.45) is 0. The summed E-state index contributed by atoms with van der Waals surface area (Å²) >= 11 is 12.1. The van der Waals surface area contributed by atoms with Crippen molar-refractivity contribution in [2.24, 2.45) is 0 Å². The lowest BCUT2D eigenvalue weighted by atomic mass is 10.2. The lowest BCUT2D eigenvalue weighted by molar-refractivity contribution is 0.961. The summed E-state index contributed by atoms with van der Waals surface area (Å²) in [5, 5.41) is 4.83. The van der Waals surface area contributed by atoms with Gasteiger partial charge < -0.3 is 5.32 Å². The van der Waals surface area contributed by atoms with Crippen LogP contribution < -0.4 is 11.0 Å². The normalized spacial score (nSPS) is 10.8. The van der Waals surface area contributed by atoms with Crippen molar-refractivity contribution in [1.29, 1.82) is 0 Å². The molecule has 21 heavy (non-hydrogen) atoms. The SMILES string of the molecule is CNc1nc(=O)n(-c2cccc(Cl)c2)c2cc(Cl)ccc12. The maximum absolute atomic E-state index is 12.4. The van der Waals surface area contributed by atoms with Gasteiger partial charge in [0.25, 0.3) is 0 Å². The van der Waals surface area contributed by atoms with Crippen molar-refractivity contribution in [3.63, 3.8) is 0 Å². The molecule has 0 spiro atoms. The molecule has 3 aromatic rings. The number of rotatable bonds is 2. The van der Waals surface area contributed by atoms with Crippen LogP contribution in [0.25, 0.3) is 16.6 Å². The number of halogens is 2. The summed E-state index contributed by atoms with van der Waals surface area (Å²) < 4.78 is 1.49. The van der Waals surface area contributed by atoms with Gasteiger partial charge in [-0.25, -0.2) is 4.79 Å². The number of nitrogens with zero attached hydrogens (tertiary/aromatic N) is 2. The molecule has 0 aliphatic heterocycles. The van der Waals surface area contributed by atoms with Crippen molar-refractivity contribution in [3.05, 3.63) is 63.0 Å². The quantitative estimate of drug-likeness (QED) is 0.782. The Morgan fingerprint density at radius 1 is 1.10 bits per heavy atom. The molecule has 1 aromatic heterocycles. The first-order chi connectivity index (χ1) is 10.1. The molecule has 2 aromatic carbocycles. The highest BCUT2D eigenvalue weighted by Gasteiger charge is 2.11. The highest BCUT2D eigenvalue weighted by atomic mass is 35.5. The van der Waals surface area contributed by atoms with E-state index < -0.39 is 5.69 Å². The smallest absolute Gasteiger partial charge is 0.354 e. The van der Waals surface area contributed by atoms with Crippen LogP contribution in [-0.2, 0) is 0 Å². The van der Waals surface area contributed by atoms with Gasteiger partial charge in [-0.15, -0.1) is 0 Å². The minimum Gasteiger partial charge on any atom is -0.372 e. The molecule has 0 unspecified atom stereocenters. The molecule has 106 valence electrons. The van der Waals surface area contributed by atoms with E-state index in [0.29, 0.717) is 27.1 Å². The van der Waals surface area contributed by atoms with Crippen molar-refractivity contribution in [1.82, 2.24) is 9.55 Å². The number of anilines is 1. The minimum atomic E-state index is -0.392. The molecule has 0 saturated heterocycles. The summed E-state index contributed by atoms with van der Waals surface area (Å²) in [4.78, 5) is 16.4. The zero-order valence-corrected chi connectivity index (χ0v) is 12.6. The predicted octanol–water partition coefficient (Wildman–Crippen LogP) is 3.73. The van der Waals surface area contributed by atoms with Gasteiger partial charge in [0.05, 0.1) is 11.2 Å². The molecule has 0 saturated carbocycles. The molecular weight excluding hydrogens is 309 g/mol. The van der Waals surface area contributed by atoms with Crippen LogP contribution in [0.15, 0.2) is 47.3 Å². The Hall–Kier alpha value is -2.04. The second-order valence-corrected chi connectivity index (χ2v) is 5.34. The van der Waals surface area contributed by atoms with Crippen LogP contribution in [0.2, 0.25) is 10.0 Å².